The molecule has 1 aromatic carbocycles. The van der Waals surface area contributed by atoms with Gasteiger partial charge in [0.25, 0.3) is 0 Å². The monoisotopic (exact) mass is 300 g/mol. The van der Waals surface area contributed by atoms with Gasteiger partial charge in [-0.3, -0.25) is 9.69 Å². The second kappa shape index (κ2) is 6.60. The summed E-state index contributed by atoms with van der Waals surface area (Å²) in [5.74, 6) is 0.0421. The van der Waals surface area contributed by atoms with Crippen LogP contribution in [-0.4, -0.2) is 30.4 Å². The first kappa shape index (κ1) is 14.6. The fraction of sp³-hybridized carbons (Fsp3) is 0.500. The summed E-state index contributed by atoms with van der Waals surface area (Å²) in [5.41, 5.74) is 0.890. The van der Waals surface area contributed by atoms with Crippen molar-refractivity contribution in [3.05, 3.63) is 33.8 Å². The summed E-state index contributed by atoms with van der Waals surface area (Å²) in [6, 6.07) is 5.22. The Balaban J connectivity index is 1.92. The Hall–Kier alpha value is -0.770. The zero-order valence-electron chi connectivity index (χ0n) is 11.0. The molecular weight excluding hydrogens is 283 g/mol. The van der Waals surface area contributed by atoms with Crippen LogP contribution in [0.3, 0.4) is 0 Å². The van der Waals surface area contributed by atoms with Gasteiger partial charge in [-0.2, -0.15) is 0 Å². The molecule has 3 nitrogen and oxygen atoms in total. The normalized spacial score (nSPS) is 17.4. The fourth-order valence-electron chi connectivity index (χ4n) is 2.36. The van der Waals surface area contributed by atoms with Gasteiger partial charge in [0.05, 0.1) is 12.6 Å². The molecule has 104 valence electrons. The lowest BCUT2D eigenvalue weighted by molar-refractivity contribution is -0.122. The summed E-state index contributed by atoms with van der Waals surface area (Å²) in [6.45, 7) is 4.43. The smallest absolute Gasteiger partial charge is 0.234 e. The number of hydrogen-bond donors (Lipinski definition) is 1. The first-order valence-corrected chi connectivity index (χ1v) is 7.28. The van der Waals surface area contributed by atoms with Crippen molar-refractivity contribution >= 4 is 29.1 Å². The second-order valence-electron chi connectivity index (χ2n) is 4.94. The number of hydrogen-bond acceptors (Lipinski definition) is 2. The number of rotatable bonds is 4. The number of amides is 1. The van der Waals surface area contributed by atoms with E-state index in [2.05, 4.69) is 10.2 Å². The molecule has 5 heteroatoms. The highest BCUT2D eigenvalue weighted by molar-refractivity contribution is 6.35. The third kappa shape index (κ3) is 4.10. The topological polar surface area (TPSA) is 32.3 Å². The van der Waals surface area contributed by atoms with E-state index in [1.807, 2.05) is 13.0 Å². The minimum Gasteiger partial charge on any atom is -0.348 e. The van der Waals surface area contributed by atoms with Gasteiger partial charge in [-0.25, -0.2) is 0 Å². The van der Waals surface area contributed by atoms with Gasteiger partial charge in [-0.15, -0.1) is 0 Å². The van der Waals surface area contributed by atoms with E-state index in [0.717, 1.165) is 18.7 Å². The molecule has 1 saturated heterocycles. The van der Waals surface area contributed by atoms with Crippen molar-refractivity contribution in [3.63, 3.8) is 0 Å². The van der Waals surface area contributed by atoms with Gasteiger partial charge in [0.1, 0.15) is 0 Å². The summed E-state index contributed by atoms with van der Waals surface area (Å²) in [4.78, 5) is 14.1. The van der Waals surface area contributed by atoms with Crippen molar-refractivity contribution in [2.24, 2.45) is 0 Å². The van der Waals surface area contributed by atoms with Gasteiger partial charge in [0.2, 0.25) is 5.91 Å². The SMILES string of the molecule is C[C@H](NC(=O)CN1CCCC1)c1ccc(Cl)cc1Cl. The zero-order chi connectivity index (χ0) is 13.8. The molecule has 0 bridgehead atoms. The van der Waals surface area contributed by atoms with E-state index in [1.54, 1.807) is 12.1 Å². The highest BCUT2D eigenvalue weighted by Crippen LogP contribution is 2.26. The van der Waals surface area contributed by atoms with Crippen LogP contribution < -0.4 is 5.32 Å². The van der Waals surface area contributed by atoms with Crippen LogP contribution >= 0.6 is 23.2 Å². The van der Waals surface area contributed by atoms with Crippen molar-refractivity contribution in [3.8, 4) is 0 Å². The number of nitrogens with zero attached hydrogens (tertiary/aromatic N) is 1. The molecule has 2 rings (SSSR count). The van der Waals surface area contributed by atoms with Crippen LogP contribution in [0, 0.1) is 0 Å². The van der Waals surface area contributed by atoms with Gasteiger partial charge in [-0.1, -0.05) is 29.3 Å². The molecule has 1 aliphatic heterocycles. The summed E-state index contributed by atoms with van der Waals surface area (Å²) in [6.07, 6.45) is 2.37. The first-order valence-electron chi connectivity index (χ1n) is 6.53. The van der Waals surface area contributed by atoms with E-state index in [-0.39, 0.29) is 11.9 Å². The van der Waals surface area contributed by atoms with Crippen LogP contribution in [0.4, 0.5) is 0 Å². The van der Waals surface area contributed by atoms with E-state index in [4.69, 9.17) is 23.2 Å². The highest BCUT2D eigenvalue weighted by atomic mass is 35.5. The van der Waals surface area contributed by atoms with Crippen LogP contribution in [0.1, 0.15) is 31.4 Å². The molecule has 0 saturated carbocycles. The number of carbonyl (C=O) groups excluding carboxylic acids is 1. The molecule has 0 unspecified atom stereocenters. The molecule has 1 N–H and O–H groups in total. The Morgan fingerprint density at radius 1 is 1.37 bits per heavy atom. The Bertz CT molecular complexity index is 459. The number of halogens is 2. The second-order valence-corrected chi connectivity index (χ2v) is 5.78. The minimum atomic E-state index is -0.111. The van der Waals surface area contributed by atoms with E-state index in [9.17, 15) is 4.79 Å². The van der Waals surface area contributed by atoms with Crippen molar-refractivity contribution < 1.29 is 4.79 Å². The third-order valence-corrected chi connectivity index (χ3v) is 3.93. The number of carbonyl (C=O) groups is 1. The Kier molecular flexibility index (Phi) is 5.08. The molecule has 0 aliphatic carbocycles. The van der Waals surface area contributed by atoms with Crippen LogP contribution in [0.2, 0.25) is 10.0 Å². The zero-order valence-corrected chi connectivity index (χ0v) is 12.5. The minimum absolute atomic E-state index is 0.0421. The molecule has 0 aromatic heterocycles. The molecular formula is C14H18Cl2N2O. The summed E-state index contributed by atoms with van der Waals surface area (Å²) >= 11 is 12.0. The lowest BCUT2D eigenvalue weighted by atomic mass is 10.1. The average molecular weight is 301 g/mol. The average Bonchev–Trinajstić information content (AvgIpc) is 2.81. The Labute approximate surface area is 123 Å². The van der Waals surface area contributed by atoms with Crippen molar-refractivity contribution in [2.45, 2.75) is 25.8 Å². The molecule has 1 atom stereocenters. The van der Waals surface area contributed by atoms with Gasteiger partial charge in [0.15, 0.2) is 0 Å². The largest absolute Gasteiger partial charge is 0.348 e. The highest BCUT2D eigenvalue weighted by Gasteiger charge is 2.17. The summed E-state index contributed by atoms with van der Waals surface area (Å²) in [5, 5.41) is 4.16. The molecule has 1 fully saturated rings. The molecule has 19 heavy (non-hydrogen) atoms. The number of likely N-dealkylation sites (tertiary alicyclic amines) is 1. The quantitative estimate of drug-likeness (QED) is 0.925. The van der Waals surface area contributed by atoms with Gasteiger partial charge < -0.3 is 5.32 Å². The summed E-state index contributed by atoms with van der Waals surface area (Å²) in [7, 11) is 0. The maximum Gasteiger partial charge on any atom is 0.234 e. The van der Waals surface area contributed by atoms with Crippen molar-refractivity contribution in [1.29, 1.82) is 0 Å². The predicted octanol–water partition coefficient (Wildman–Crippen LogP) is 3.27. The molecule has 1 amide bonds. The first-order chi connectivity index (χ1) is 9.06. The van der Waals surface area contributed by atoms with Crippen LogP contribution in [0.15, 0.2) is 18.2 Å². The Morgan fingerprint density at radius 2 is 2.05 bits per heavy atom. The summed E-state index contributed by atoms with van der Waals surface area (Å²) < 4.78 is 0. The molecule has 0 spiro atoms. The number of benzene rings is 1. The predicted molar refractivity (Wildman–Crippen MR) is 78.7 cm³/mol. The van der Waals surface area contributed by atoms with E-state index in [1.165, 1.54) is 12.8 Å². The van der Waals surface area contributed by atoms with Crippen LogP contribution in [0.25, 0.3) is 0 Å². The molecule has 1 heterocycles. The Morgan fingerprint density at radius 3 is 2.68 bits per heavy atom. The number of nitrogens with one attached hydrogen (secondary N) is 1. The lowest BCUT2D eigenvalue weighted by Gasteiger charge is -2.19. The van der Waals surface area contributed by atoms with Crippen molar-refractivity contribution in [2.75, 3.05) is 19.6 Å². The third-order valence-electron chi connectivity index (χ3n) is 3.37. The maximum atomic E-state index is 11.9. The molecule has 1 aromatic rings. The van der Waals surface area contributed by atoms with Gasteiger partial charge in [0, 0.05) is 10.0 Å². The molecule has 0 radical (unpaired) electrons. The van der Waals surface area contributed by atoms with E-state index in [0.29, 0.717) is 16.6 Å². The molecule has 1 aliphatic rings. The van der Waals surface area contributed by atoms with E-state index >= 15 is 0 Å². The van der Waals surface area contributed by atoms with Gasteiger partial charge in [-0.05, 0) is 50.6 Å². The van der Waals surface area contributed by atoms with Crippen molar-refractivity contribution in [1.82, 2.24) is 10.2 Å². The fourth-order valence-corrected chi connectivity index (χ4v) is 2.93. The van der Waals surface area contributed by atoms with Gasteiger partial charge >= 0.3 is 0 Å². The standard InChI is InChI=1S/C14H18Cl2N2O/c1-10(12-5-4-11(15)8-13(12)16)17-14(19)9-18-6-2-3-7-18/h4-5,8,10H,2-3,6-7,9H2,1H3,(H,17,19)/t10-/m0/s1. The van der Waals surface area contributed by atoms with Crippen LogP contribution in [0.5, 0.6) is 0 Å². The van der Waals surface area contributed by atoms with Crippen LogP contribution in [-0.2, 0) is 4.79 Å². The maximum absolute atomic E-state index is 11.9. The lowest BCUT2D eigenvalue weighted by Crippen LogP contribution is -2.37. The van der Waals surface area contributed by atoms with E-state index < -0.39 is 0 Å².